The molecule has 2 rings (SSSR count). The van der Waals surface area contributed by atoms with Crippen LogP contribution >= 0.6 is 0 Å². The lowest BCUT2D eigenvalue weighted by molar-refractivity contribution is 0.109. The fourth-order valence-corrected chi connectivity index (χ4v) is 1.55. The fourth-order valence-electron chi connectivity index (χ4n) is 1.55. The molecule has 0 N–H and O–H groups in total. The Labute approximate surface area is 83.1 Å². The second-order valence-electron chi connectivity index (χ2n) is 3.67. The zero-order valence-electron chi connectivity index (χ0n) is 8.45. The third-order valence-electron chi connectivity index (χ3n) is 2.61. The van der Waals surface area contributed by atoms with Gasteiger partial charge < -0.3 is 4.74 Å². The van der Waals surface area contributed by atoms with E-state index in [4.69, 9.17) is 10.00 Å². The molecular formula is C10H13N3O. The first-order chi connectivity index (χ1) is 6.72. The van der Waals surface area contributed by atoms with Crippen molar-refractivity contribution in [1.29, 1.82) is 5.26 Å². The van der Waals surface area contributed by atoms with Crippen molar-refractivity contribution in [3.8, 4) is 11.9 Å². The van der Waals surface area contributed by atoms with E-state index in [9.17, 15) is 0 Å². The van der Waals surface area contributed by atoms with Gasteiger partial charge in [-0.3, -0.25) is 0 Å². The van der Waals surface area contributed by atoms with Gasteiger partial charge in [-0.15, -0.1) is 0 Å². The Kier molecular flexibility index (Phi) is 2.16. The van der Waals surface area contributed by atoms with E-state index in [1.165, 1.54) is 6.42 Å². The molecule has 0 radical (unpaired) electrons. The number of nitriles is 1. The summed E-state index contributed by atoms with van der Waals surface area (Å²) in [5.41, 5.74) is 1.31. The highest BCUT2D eigenvalue weighted by atomic mass is 16.5. The summed E-state index contributed by atoms with van der Waals surface area (Å²) >= 11 is 0. The van der Waals surface area contributed by atoms with Gasteiger partial charge in [-0.05, 0) is 26.2 Å². The molecule has 0 unspecified atom stereocenters. The summed E-state index contributed by atoms with van der Waals surface area (Å²) in [6.45, 7) is 1.83. The third-order valence-corrected chi connectivity index (χ3v) is 2.61. The molecule has 1 aliphatic carbocycles. The number of hydrogen-bond donors (Lipinski definition) is 0. The van der Waals surface area contributed by atoms with Gasteiger partial charge in [-0.1, -0.05) is 0 Å². The number of aryl methyl sites for hydroxylation is 2. The highest BCUT2D eigenvalue weighted by molar-refractivity contribution is 5.42. The third kappa shape index (κ3) is 1.35. The van der Waals surface area contributed by atoms with Crippen LogP contribution in [-0.4, -0.2) is 15.9 Å². The van der Waals surface area contributed by atoms with Gasteiger partial charge in [0.15, 0.2) is 0 Å². The van der Waals surface area contributed by atoms with Crippen LogP contribution in [0.2, 0.25) is 0 Å². The van der Waals surface area contributed by atoms with E-state index >= 15 is 0 Å². The van der Waals surface area contributed by atoms with Crippen LogP contribution in [0.3, 0.4) is 0 Å². The molecule has 1 aromatic heterocycles. The van der Waals surface area contributed by atoms with Crippen molar-refractivity contribution >= 4 is 0 Å². The monoisotopic (exact) mass is 191 g/mol. The minimum absolute atomic E-state index is 0.289. The first kappa shape index (κ1) is 9.07. The van der Waals surface area contributed by atoms with Gasteiger partial charge in [0.1, 0.15) is 17.7 Å². The maximum Gasteiger partial charge on any atom is 0.230 e. The second kappa shape index (κ2) is 3.33. The molecule has 0 saturated heterocycles. The maximum absolute atomic E-state index is 8.93. The molecule has 1 heterocycles. The van der Waals surface area contributed by atoms with Gasteiger partial charge in [0.2, 0.25) is 5.88 Å². The van der Waals surface area contributed by atoms with Crippen molar-refractivity contribution in [2.75, 3.05) is 0 Å². The number of nitrogens with zero attached hydrogens (tertiary/aromatic N) is 3. The maximum atomic E-state index is 8.93. The standard InChI is InChI=1S/C10H13N3O/c1-7-9(6-11)10(13(2)12-7)14-8-4-3-5-8/h8H,3-5H2,1-2H3. The minimum atomic E-state index is 0.289. The average Bonchev–Trinajstić information content (AvgIpc) is 2.33. The average molecular weight is 191 g/mol. The van der Waals surface area contributed by atoms with Crippen LogP contribution in [0.15, 0.2) is 0 Å². The lowest BCUT2D eigenvalue weighted by Gasteiger charge is -2.26. The second-order valence-corrected chi connectivity index (χ2v) is 3.67. The smallest absolute Gasteiger partial charge is 0.230 e. The minimum Gasteiger partial charge on any atom is -0.474 e. The molecule has 0 spiro atoms. The summed E-state index contributed by atoms with van der Waals surface area (Å²) in [4.78, 5) is 0. The van der Waals surface area contributed by atoms with Crippen LogP contribution in [0.25, 0.3) is 0 Å². The Hall–Kier alpha value is -1.50. The summed E-state index contributed by atoms with van der Waals surface area (Å²) in [5.74, 6) is 0.620. The molecule has 4 heteroatoms. The molecule has 14 heavy (non-hydrogen) atoms. The summed E-state index contributed by atoms with van der Waals surface area (Å²) < 4.78 is 7.35. The molecule has 0 aromatic carbocycles. The lowest BCUT2D eigenvalue weighted by atomic mass is 9.96. The van der Waals surface area contributed by atoms with Gasteiger partial charge in [-0.25, -0.2) is 4.68 Å². The van der Waals surface area contributed by atoms with Gasteiger partial charge >= 0.3 is 0 Å². The van der Waals surface area contributed by atoms with E-state index < -0.39 is 0 Å². The molecule has 1 aromatic rings. The number of ether oxygens (including phenoxy) is 1. The van der Waals surface area contributed by atoms with Crippen LogP contribution in [0.1, 0.15) is 30.5 Å². The van der Waals surface area contributed by atoms with Gasteiger partial charge in [0.05, 0.1) is 5.69 Å². The number of hydrogen-bond acceptors (Lipinski definition) is 3. The van der Waals surface area contributed by atoms with Crippen molar-refractivity contribution in [3.63, 3.8) is 0 Å². The Morgan fingerprint density at radius 1 is 1.57 bits per heavy atom. The van der Waals surface area contributed by atoms with Crippen LogP contribution in [-0.2, 0) is 7.05 Å². The molecule has 0 aliphatic heterocycles. The van der Waals surface area contributed by atoms with Gasteiger partial charge in [-0.2, -0.15) is 10.4 Å². The molecular weight excluding hydrogens is 178 g/mol. The lowest BCUT2D eigenvalue weighted by Crippen LogP contribution is -2.25. The topological polar surface area (TPSA) is 50.8 Å². The van der Waals surface area contributed by atoms with Crippen LogP contribution < -0.4 is 4.74 Å². The Bertz CT molecular complexity index is 385. The summed E-state index contributed by atoms with van der Waals surface area (Å²) in [5, 5.41) is 13.1. The molecule has 74 valence electrons. The van der Waals surface area contributed by atoms with E-state index in [0.29, 0.717) is 11.4 Å². The van der Waals surface area contributed by atoms with Crippen molar-refractivity contribution in [3.05, 3.63) is 11.3 Å². The molecule has 1 fully saturated rings. The normalized spacial score (nSPS) is 16.1. The number of rotatable bonds is 2. The summed E-state index contributed by atoms with van der Waals surface area (Å²) in [6, 6.07) is 2.13. The van der Waals surface area contributed by atoms with E-state index in [2.05, 4.69) is 11.2 Å². The summed E-state index contributed by atoms with van der Waals surface area (Å²) in [7, 11) is 1.81. The van der Waals surface area contributed by atoms with Crippen LogP contribution in [0, 0.1) is 18.3 Å². The molecule has 0 bridgehead atoms. The molecule has 4 nitrogen and oxygen atoms in total. The van der Waals surface area contributed by atoms with E-state index in [1.807, 2.05) is 14.0 Å². The summed E-state index contributed by atoms with van der Waals surface area (Å²) in [6.07, 6.45) is 3.70. The Balaban J connectivity index is 2.26. The van der Waals surface area contributed by atoms with E-state index in [-0.39, 0.29) is 6.10 Å². The zero-order valence-corrected chi connectivity index (χ0v) is 8.45. The first-order valence-electron chi connectivity index (χ1n) is 4.82. The zero-order chi connectivity index (χ0) is 10.1. The largest absolute Gasteiger partial charge is 0.474 e. The molecule has 1 saturated carbocycles. The molecule has 1 aliphatic rings. The highest BCUT2D eigenvalue weighted by Crippen LogP contribution is 2.28. The van der Waals surface area contributed by atoms with E-state index in [0.717, 1.165) is 18.5 Å². The predicted molar refractivity (Wildman–Crippen MR) is 50.9 cm³/mol. The van der Waals surface area contributed by atoms with Crippen molar-refractivity contribution in [1.82, 2.24) is 9.78 Å². The van der Waals surface area contributed by atoms with Crippen molar-refractivity contribution in [2.24, 2.45) is 7.05 Å². The first-order valence-corrected chi connectivity index (χ1v) is 4.82. The molecule has 0 amide bonds. The Morgan fingerprint density at radius 2 is 2.29 bits per heavy atom. The number of aromatic nitrogens is 2. The fraction of sp³-hybridized carbons (Fsp3) is 0.600. The molecule has 0 atom stereocenters. The SMILES string of the molecule is Cc1nn(C)c(OC2CCC2)c1C#N. The highest BCUT2D eigenvalue weighted by Gasteiger charge is 2.23. The van der Waals surface area contributed by atoms with E-state index in [1.54, 1.807) is 4.68 Å². The predicted octanol–water partition coefficient (Wildman–Crippen LogP) is 1.53. The van der Waals surface area contributed by atoms with Gasteiger partial charge in [0.25, 0.3) is 0 Å². The van der Waals surface area contributed by atoms with Crippen LogP contribution in [0.4, 0.5) is 0 Å². The van der Waals surface area contributed by atoms with Crippen molar-refractivity contribution < 1.29 is 4.74 Å². The van der Waals surface area contributed by atoms with Crippen LogP contribution in [0.5, 0.6) is 5.88 Å². The van der Waals surface area contributed by atoms with Gasteiger partial charge in [0, 0.05) is 7.05 Å². The van der Waals surface area contributed by atoms with Crippen molar-refractivity contribution in [2.45, 2.75) is 32.3 Å². The Morgan fingerprint density at radius 3 is 2.79 bits per heavy atom. The quantitative estimate of drug-likeness (QED) is 0.712.